The first kappa shape index (κ1) is 20.3. The van der Waals surface area contributed by atoms with Crippen LogP contribution >= 0.6 is 0 Å². The Morgan fingerprint density at radius 1 is 1.29 bits per heavy atom. The van der Waals surface area contributed by atoms with Crippen LogP contribution in [0.5, 0.6) is 0 Å². The Morgan fingerprint density at radius 3 is 2.84 bits per heavy atom. The number of carbonyl (C=O) groups is 2. The number of fused-ring (bicyclic) bond motifs is 1. The average molecular weight is 432 g/mol. The third-order valence-corrected chi connectivity index (χ3v) is 4.55. The van der Waals surface area contributed by atoms with E-state index in [1.54, 1.807) is 6.92 Å². The summed E-state index contributed by atoms with van der Waals surface area (Å²) in [6, 6.07) is 3.40. The van der Waals surface area contributed by atoms with Crippen molar-refractivity contribution in [2.75, 3.05) is 11.9 Å². The maximum atomic E-state index is 14.0. The summed E-state index contributed by atoms with van der Waals surface area (Å²) in [6.45, 7) is 0.896. The first-order valence-corrected chi connectivity index (χ1v) is 9.09. The maximum absolute atomic E-state index is 14.0. The van der Waals surface area contributed by atoms with Gasteiger partial charge in [0.15, 0.2) is 11.6 Å². The molecule has 0 fully saturated rings. The number of amides is 3. The molecule has 4 rings (SSSR count). The van der Waals surface area contributed by atoms with Gasteiger partial charge in [-0.05, 0) is 31.2 Å². The van der Waals surface area contributed by atoms with Gasteiger partial charge in [0.05, 0.1) is 18.4 Å². The Morgan fingerprint density at radius 2 is 2.10 bits per heavy atom. The van der Waals surface area contributed by atoms with Crippen LogP contribution in [0.4, 0.5) is 23.7 Å². The molecule has 0 aliphatic carbocycles. The lowest BCUT2D eigenvalue weighted by Gasteiger charge is -2.29. The number of anilines is 1. The standard InChI is InChI=1S/C19H15F3N6O3/c1-9(18-26-17(27-31-18)14-4-2-10(20)6-23-14)24-15(29)8-28-7-11-13(25-19(28)30)5-3-12(21)16(11)22/h2-6,9H,7-8H2,1H3,(H,24,29)(H,25,30)/t9-/m0/s1. The average Bonchev–Trinajstić information content (AvgIpc) is 3.23. The molecule has 0 saturated heterocycles. The largest absolute Gasteiger partial charge is 0.343 e. The van der Waals surface area contributed by atoms with Gasteiger partial charge in [0, 0.05) is 5.56 Å². The fourth-order valence-corrected chi connectivity index (χ4v) is 2.99. The molecular weight excluding hydrogens is 417 g/mol. The fourth-order valence-electron chi connectivity index (χ4n) is 2.99. The predicted octanol–water partition coefficient (Wildman–Crippen LogP) is 2.77. The first-order valence-electron chi connectivity index (χ1n) is 9.09. The van der Waals surface area contributed by atoms with Crippen LogP contribution in [0.1, 0.15) is 24.4 Å². The van der Waals surface area contributed by atoms with Crippen molar-refractivity contribution in [1.29, 1.82) is 0 Å². The van der Waals surface area contributed by atoms with E-state index in [2.05, 4.69) is 25.8 Å². The molecule has 2 aromatic heterocycles. The molecule has 0 saturated carbocycles. The summed E-state index contributed by atoms with van der Waals surface area (Å²) in [5.41, 5.74) is 0.392. The first-order chi connectivity index (χ1) is 14.8. The van der Waals surface area contributed by atoms with Crippen molar-refractivity contribution in [2.45, 2.75) is 19.5 Å². The molecule has 12 heteroatoms. The number of rotatable bonds is 5. The van der Waals surface area contributed by atoms with Crippen molar-refractivity contribution in [2.24, 2.45) is 0 Å². The molecule has 160 valence electrons. The second-order valence-corrected chi connectivity index (χ2v) is 6.78. The van der Waals surface area contributed by atoms with Gasteiger partial charge < -0.3 is 20.1 Å². The Labute approximate surface area is 173 Å². The van der Waals surface area contributed by atoms with Crippen molar-refractivity contribution < 1.29 is 27.3 Å². The Bertz CT molecular complexity index is 1150. The normalized spacial score (nSPS) is 14.1. The monoisotopic (exact) mass is 432 g/mol. The Balaban J connectivity index is 1.40. The van der Waals surface area contributed by atoms with E-state index < -0.39 is 42.0 Å². The van der Waals surface area contributed by atoms with Crippen molar-refractivity contribution in [3.63, 3.8) is 0 Å². The quantitative estimate of drug-likeness (QED) is 0.641. The minimum atomic E-state index is -1.08. The molecule has 0 radical (unpaired) electrons. The number of halogens is 3. The summed E-state index contributed by atoms with van der Waals surface area (Å²) in [5.74, 6) is -3.04. The van der Waals surface area contributed by atoms with Gasteiger partial charge in [-0.25, -0.2) is 22.9 Å². The number of nitrogens with one attached hydrogen (secondary N) is 2. The van der Waals surface area contributed by atoms with Gasteiger partial charge in [0.2, 0.25) is 17.6 Å². The molecule has 3 aromatic rings. The summed E-state index contributed by atoms with van der Waals surface area (Å²) in [5, 5.41) is 8.74. The van der Waals surface area contributed by atoms with E-state index in [1.165, 1.54) is 18.2 Å². The Kier molecular flexibility index (Phi) is 5.28. The van der Waals surface area contributed by atoms with Gasteiger partial charge in [-0.3, -0.25) is 4.79 Å². The zero-order valence-corrected chi connectivity index (χ0v) is 16.0. The van der Waals surface area contributed by atoms with Crippen molar-refractivity contribution in [3.05, 3.63) is 59.4 Å². The number of carbonyl (C=O) groups excluding carboxylic acids is 2. The fraction of sp³-hybridized carbons (Fsp3) is 0.211. The number of pyridine rings is 1. The summed E-state index contributed by atoms with van der Waals surface area (Å²) < 4.78 is 45.6. The Hall–Kier alpha value is -3.96. The molecule has 1 aliphatic heterocycles. The van der Waals surface area contributed by atoms with E-state index in [4.69, 9.17) is 4.52 Å². The van der Waals surface area contributed by atoms with Crippen molar-refractivity contribution in [1.82, 2.24) is 25.3 Å². The molecule has 0 bridgehead atoms. The number of nitrogens with zero attached hydrogens (tertiary/aromatic N) is 4. The summed E-state index contributed by atoms with van der Waals surface area (Å²) >= 11 is 0. The summed E-state index contributed by atoms with van der Waals surface area (Å²) in [7, 11) is 0. The predicted molar refractivity (Wildman–Crippen MR) is 99.8 cm³/mol. The molecule has 1 atom stereocenters. The number of benzene rings is 1. The maximum Gasteiger partial charge on any atom is 0.322 e. The number of hydrogen-bond donors (Lipinski definition) is 2. The van der Waals surface area contributed by atoms with Crippen LogP contribution in [-0.2, 0) is 11.3 Å². The van der Waals surface area contributed by atoms with Gasteiger partial charge in [0.25, 0.3) is 0 Å². The molecule has 9 nitrogen and oxygen atoms in total. The minimum Gasteiger partial charge on any atom is -0.343 e. The second kappa shape index (κ2) is 8.05. The minimum absolute atomic E-state index is 0.0474. The molecule has 2 N–H and O–H groups in total. The van der Waals surface area contributed by atoms with Crippen molar-refractivity contribution >= 4 is 17.6 Å². The number of urea groups is 1. The molecule has 3 amide bonds. The van der Waals surface area contributed by atoms with Crippen LogP contribution in [-0.4, -0.2) is 38.5 Å². The van der Waals surface area contributed by atoms with Crippen LogP contribution in [0.25, 0.3) is 11.5 Å². The molecule has 0 spiro atoms. The summed E-state index contributed by atoms with van der Waals surface area (Å²) in [4.78, 5) is 33.5. The van der Waals surface area contributed by atoms with E-state index in [0.717, 1.165) is 17.2 Å². The molecule has 1 aliphatic rings. The van der Waals surface area contributed by atoms with E-state index in [-0.39, 0.29) is 35.2 Å². The molecule has 3 heterocycles. The van der Waals surface area contributed by atoms with E-state index >= 15 is 0 Å². The van der Waals surface area contributed by atoms with Crippen molar-refractivity contribution in [3.8, 4) is 11.5 Å². The van der Waals surface area contributed by atoms with Crippen LogP contribution in [0.3, 0.4) is 0 Å². The third kappa shape index (κ3) is 4.17. The lowest BCUT2D eigenvalue weighted by molar-refractivity contribution is -0.122. The lowest BCUT2D eigenvalue weighted by atomic mass is 10.1. The zero-order chi connectivity index (χ0) is 22.1. The zero-order valence-electron chi connectivity index (χ0n) is 16.0. The molecular formula is C19H15F3N6O3. The highest BCUT2D eigenvalue weighted by Gasteiger charge is 2.28. The highest BCUT2D eigenvalue weighted by molar-refractivity contribution is 5.94. The highest BCUT2D eigenvalue weighted by atomic mass is 19.2. The van der Waals surface area contributed by atoms with E-state index in [0.29, 0.717) is 0 Å². The van der Waals surface area contributed by atoms with E-state index in [9.17, 15) is 22.8 Å². The van der Waals surface area contributed by atoms with Gasteiger partial charge in [0.1, 0.15) is 24.1 Å². The number of aromatic nitrogens is 3. The van der Waals surface area contributed by atoms with Gasteiger partial charge in [-0.15, -0.1) is 0 Å². The topological polar surface area (TPSA) is 113 Å². The van der Waals surface area contributed by atoms with Gasteiger partial charge >= 0.3 is 6.03 Å². The van der Waals surface area contributed by atoms with Gasteiger partial charge in [-0.1, -0.05) is 5.16 Å². The van der Waals surface area contributed by atoms with Gasteiger partial charge in [-0.2, -0.15) is 4.98 Å². The van der Waals surface area contributed by atoms with E-state index in [1.807, 2.05) is 0 Å². The molecule has 31 heavy (non-hydrogen) atoms. The van der Waals surface area contributed by atoms with Crippen LogP contribution in [0, 0.1) is 17.5 Å². The highest BCUT2D eigenvalue weighted by Crippen LogP contribution is 2.27. The third-order valence-electron chi connectivity index (χ3n) is 4.55. The van der Waals surface area contributed by atoms with Crippen LogP contribution < -0.4 is 10.6 Å². The van der Waals surface area contributed by atoms with Crippen LogP contribution in [0.15, 0.2) is 35.0 Å². The lowest BCUT2D eigenvalue weighted by Crippen LogP contribution is -2.45. The second-order valence-electron chi connectivity index (χ2n) is 6.78. The molecule has 1 aromatic carbocycles. The van der Waals surface area contributed by atoms with Crippen LogP contribution in [0.2, 0.25) is 0 Å². The molecule has 0 unspecified atom stereocenters. The summed E-state index contributed by atoms with van der Waals surface area (Å²) in [6.07, 6.45) is 1.01. The number of hydrogen-bond acceptors (Lipinski definition) is 6. The SMILES string of the molecule is C[C@H](NC(=O)CN1Cc2c(ccc(F)c2F)NC1=O)c1nc(-c2ccc(F)cn2)no1. The smallest absolute Gasteiger partial charge is 0.322 e.